The maximum absolute atomic E-state index is 9.78. The van der Waals surface area contributed by atoms with Crippen molar-refractivity contribution in [3.8, 4) is 0 Å². The predicted molar refractivity (Wildman–Crippen MR) is 39.6 cm³/mol. The smallest absolute Gasteiger partial charge is 0.146 e. The molecule has 0 unspecified atom stereocenters. The first kappa shape index (κ1) is 11.9. The number of rotatable bonds is 3. The Morgan fingerprint density at radius 3 is 2.20 bits per heavy atom. The van der Waals surface area contributed by atoms with Crippen LogP contribution in [0.25, 0.3) is 0 Å². The number of hydrogen-bond acceptors (Lipinski definition) is 3. The van der Waals surface area contributed by atoms with Crippen LogP contribution in [0.4, 0.5) is 0 Å². The van der Waals surface area contributed by atoms with Gasteiger partial charge >= 0.3 is 0 Å². The lowest BCUT2D eigenvalue weighted by molar-refractivity contribution is -0.104. The van der Waals surface area contributed by atoms with Gasteiger partial charge in [0.05, 0.1) is 12.9 Å². The molecule has 0 saturated heterocycles. The van der Waals surface area contributed by atoms with Gasteiger partial charge in [-0.1, -0.05) is 6.92 Å². The number of hydrogen-bond donors (Lipinski definition) is 1. The number of carbonyl (C=O) groups is 1. The zero-order valence-electron chi connectivity index (χ0n) is 6.63. The fourth-order valence-corrected chi connectivity index (χ4v) is 0.406. The number of carbonyl (C=O) groups excluding carboxylic acids is 1. The summed E-state index contributed by atoms with van der Waals surface area (Å²) < 4.78 is 4.77. The van der Waals surface area contributed by atoms with Crippen molar-refractivity contribution in [3.63, 3.8) is 0 Å². The number of aliphatic hydroxyl groups is 1. The second kappa shape index (κ2) is 11.0. The first-order chi connectivity index (χ1) is 4.85. The number of aliphatic hydroxyl groups excluding tert-OH is 1. The normalized spacial score (nSPS) is 9.40. The monoisotopic (exact) mass is 146 g/mol. The van der Waals surface area contributed by atoms with Crippen molar-refractivity contribution in [2.24, 2.45) is 0 Å². The van der Waals surface area contributed by atoms with E-state index >= 15 is 0 Å². The summed E-state index contributed by atoms with van der Waals surface area (Å²) >= 11 is 0. The van der Waals surface area contributed by atoms with E-state index in [1.165, 1.54) is 6.08 Å². The third-order valence-corrected chi connectivity index (χ3v) is 0.865. The molecular formula is C7H14O3. The molecule has 0 saturated carbocycles. The lowest BCUT2D eigenvalue weighted by Crippen LogP contribution is -1.83. The van der Waals surface area contributed by atoms with Gasteiger partial charge in [0.2, 0.25) is 0 Å². The van der Waals surface area contributed by atoms with E-state index in [0.717, 1.165) is 25.6 Å². The Labute approximate surface area is 61.3 Å². The van der Waals surface area contributed by atoms with Gasteiger partial charge in [-0.15, -0.1) is 0 Å². The van der Waals surface area contributed by atoms with Crippen LogP contribution in [0.5, 0.6) is 0 Å². The minimum absolute atomic E-state index is 0.722. The molecule has 0 aromatic carbocycles. The third-order valence-electron chi connectivity index (χ3n) is 0.865. The number of allylic oxidation sites excluding steroid dienone is 2. The maximum Gasteiger partial charge on any atom is 0.146 e. The number of ether oxygens (including phenoxy) is 1. The van der Waals surface area contributed by atoms with Crippen molar-refractivity contribution >= 4 is 6.29 Å². The molecule has 0 rings (SSSR count). The van der Waals surface area contributed by atoms with Crippen molar-refractivity contribution < 1.29 is 14.6 Å². The Morgan fingerprint density at radius 1 is 1.60 bits per heavy atom. The van der Waals surface area contributed by atoms with Crippen LogP contribution in [0.15, 0.2) is 11.8 Å². The number of aldehydes is 1. The molecule has 0 fully saturated rings. The van der Waals surface area contributed by atoms with Crippen molar-refractivity contribution in [2.45, 2.75) is 13.3 Å². The van der Waals surface area contributed by atoms with Crippen LogP contribution in [0, 0.1) is 0 Å². The van der Waals surface area contributed by atoms with E-state index < -0.39 is 0 Å². The van der Waals surface area contributed by atoms with E-state index in [4.69, 9.17) is 9.84 Å². The Balaban J connectivity index is 0. The molecule has 60 valence electrons. The summed E-state index contributed by atoms with van der Waals surface area (Å²) in [6.45, 7) is 1.93. The molecule has 0 radical (unpaired) electrons. The van der Waals surface area contributed by atoms with E-state index in [0.29, 0.717) is 0 Å². The molecule has 3 nitrogen and oxygen atoms in total. The van der Waals surface area contributed by atoms with Crippen molar-refractivity contribution in [3.05, 3.63) is 11.8 Å². The number of methoxy groups -OCH3 is 1. The average Bonchev–Trinajstić information content (AvgIpc) is 2.04. The van der Waals surface area contributed by atoms with Crippen LogP contribution in [0.1, 0.15) is 13.3 Å². The Morgan fingerprint density at radius 2 is 2.10 bits per heavy atom. The second-order valence-electron chi connectivity index (χ2n) is 1.33. The molecule has 1 N–H and O–H groups in total. The van der Waals surface area contributed by atoms with Crippen LogP contribution < -0.4 is 0 Å². The SMILES string of the molecule is CCC(=CC=O)OC.CO. The molecule has 0 spiro atoms. The third kappa shape index (κ3) is 7.17. The largest absolute Gasteiger partial charge is 0.501 e. The molecule has 0 aliphatic heterocycles. The minimum Gasteiger partial charge on any atom is -0.501 e. The summed E-state index contributed by atoms with van der Waals surface area (Å²) in [6.07, 6.45) is 2.91. The topological polar surface area (TPSA) is 46.5 Å². The molecule has 0 aliphatic rings. The molecule has 0 atom stereocenters. The van der Waals surface area contributed by atoms with Crippen molar-refractivity contribution in [1.29, 1.82) is 0 Å². The molecule has 3 heteroatoms. The highest BCUT2D eigenvalue weighted by Gasteiger charge is 1.85. The lowest BCUT2D eigenvalue weighted by Gasteiger charge is -1.97. The molecule has 10 heavy (non-hydrogen) atoms. The second-order valence-corrected chi connectivity index (χ2v) is 1.33. The van der Waals surface area contributed by atoms with Gasteiger partial charge in [0.15, 0.2) is 0 Å². The van der Waals surface area contributed by atoms with E-state index in [1.54, 1.807) is 7.11 Å². The van der Waals surface area contributed by atoms with Gasteiger partial charge in [0, 0.05) is 19.6 Å². The van der Waals surface area contributed by atoms with Gasteiger partial charge in [-0.3, -0.25) is 4.79 Å². The van der Waals surface area contributed by atoms with Gasteiger partial charge < -0.3 is 9.84 Å². The van der Waals surface area contributed by atoms with Gasteiger partial charge in [-0.2, -0.15) is 0 Å². The van der Waals surface area contributed by atoms with Crippen LogP contribution >= 0.6 is 0 Å². The van der Waals surface area contributed by atoms with Gasteiger partial charge in [-0.05, 0) is 0 Å². The molecule has 0 heterocycles. The molecule has 0 bridgehead atoms. The van der Waals surface area contributed by atoms with E-state index in [-0.39, 0.29) is 0 Å². The highest BCUT2D eigenvalue weighted by molar-refractivity contribution is 5.65. The minimum atomic E-state index is 0.722. The Bertz CT molecular complexity index is 91.0. The lowest BCUT2D eigenvalue weighted by atomic mass is 10.4. The Kier molecular flexibility index (Phi) is 13.1. The van der Waals surface area contributed by atoms with Gasteiger partial charge in [0.1, 0.15) is 6.29 Å². The molecule has 0 aliphatic carbocycles. The predicted octanol–water partition coefficient (Wildman–Crippen LogP) is 0.734. The van der Waals surface area contributed by atoms with Crippen LogP contribution in [0.2, 0.25) is 0 Å². The molecule has 0 aromatic rings. The molecular weight excluding hydrogens is 132 g/mol. The summed E-state index contributed by atoms with van der Waals surface area (Å²) in [7, 11) is 2.55. The van der Waals surface area contributed by atoms with Crippen LogP contribution in [0.3, 0.4) is 0 Å². The van der Waals surface area contributed by atoms with Gasteiger partial charge in [0.25, 0.3) is 0 Å². The summed E-state index contributed by atoms with van der Waals surface area (Å²) in [5.74, 6) is 0.722. The van der Waals surface area contributed by atoms with E-state index in [2.05, 4.69) is 0 Å². The molecule has 0 amide bonds. The summed E-state index contributed by atoms with van der Waals surface area (Å²) in [5, 5.41) is 7.00. The van der Waals surface area contributed by atoms with E-state index in [9.17, 15) is 4.79 Å². The average molecular weight is 146 g/mol. The van der Waals surface area contributed by atoms with Crippen molar-refractivity contribution in [1.82, 2.24) is 0 Å². The first-order valence-electron chi connectivity index (χ1n) is 2.98. The quantitative estimate of drug-likeness (QED) is 0.363. The first-order valence-corrected chi connectivity index (χ1v) is 2.98. The zero-order chi connectivity index (χ0) is 8.41. The van der Waals surface area contributed by atoms with Crippen LogP contribution in [-0.2, 0) is 9.53 Å². The highest BCUT2D eigenvalue weighted by Crippen LogP contribution is 1.97. The fraction of sp³-hybridized carbons (Fsp3) is 0.571. The standard InChI is InChI=1S/C6H10O2.CH4O/c1-3-6(8-2)4-5-7;1-2/h4-5H,3H2,1-2H3;2H,1H3. The van der Waals surface area contributed by atoms with Crippen molar-refractivity contribution in [2.75, 3.05) is 14.2 Å². The summed E-state index contributed by atoms with van der Waals surface area (Å²) in [6, 6.07) is 0. The Hall–Kier alpha value is -0.830. The van der Waals surface area contributed by atoms with Gasteiger partial charge in [-0.25, -0.2) is 0 Å². The maximum atomic E-state index is 9.78. The molecule has 0 aromatic heterocycles. The fourth-order valence-electron chi connectivity index (χ4n) is 0.406. The zero-order valence-corrected chi connectivity index (χ0v) is 6.63. The highest BCUT2D eigenvalue weighted by atomic mass is 16.5. The summed E-state index contributed by atoms with van der Waals surface area (Å²) in [5.41, 5.74) is 0. The summed E-state index contributed by atoms with van der Waals surface area (Å²) in [4.78, 5) is 9.78. The van der Waals surface area contributed by atoms with Crippen LogP contribution in [-0.4, -0.2) is 25.6 Å². The van der Waals surface area contributed by atoms with E-state index in [1.807, 2.05) is 6.92 Å².